The zero-order valence-electron chi connectivity index (χ0n) is 12.8. The summed E-state index contributed by atoms with van der Waals surface area (Å²) in [7, 11) is 0. The summed E-state index contributed by atoms with van der Waals surface area (Å²) in [6.07, 6.45) is 2.04. The Morgan fingerprint density at radius 3 is 2.43 bits per heavy atom. The molecule has 0 spiro atoms. The average molecular weight is 284 g/mol. The first-order valence-corrected chi connectivity index (χ1v) is 7.56. The molecule has 0 aliphatic rings. The number of hydrogen-bond acceptors (Lipinski definition) is 3. The lowest BCUT2D eigenvalue weighted by Gasteiger charge is -2.18. The van der Waals surface area contributed by atoms with Gasteiger partial charge in [-0.2, -0.15) is 0 Å². The standard InChI is InChI=1S/C18H24N2O/c1-3-12-21-17-7-5-6-16(13-17)18(20-19)15-10-8-14(4-2)9-11-15/h5-11,13,18,20H,3-4,12,19H2,1-2H3. The number of nitrogens with two attached hydrogens (primary N) is 1. The SMILES string of the molecule is CCCOc1cccc(C(NN)c2ccc(CC)cc2)c1. The summed E-state index contributed by atoms with van der Waals surface area (Å²) >= 11 is 0. The van der Waals surface area contributed by atoms with E-state index in [1.54, 1.807) is 0 Å². The van der Waals surface area contributed by atoms with Crippen molar-refractivity contribution in [1.82, 2.24) is 5.43 Å². The van der Waals surface area contributed by atoms with Gasteiger partial charge in [0.2, 0.25) is 0 Å². The second-order valence-electron chi connectivity index (χ2n) is 5.12. The van der Waals surface area contributed by atoms with Gasteiger partial charge in [0, 0.05) is 0 Å². The van der Waals surface area contributed by atoms with Crippen LogP contribution in [0.4, 0.5) is 0 Å². The first-order valence-electron chi connectivity index (χ1n) is 7.56. The zero-order valence-corrected chi connectivity index (χ0v) is 12.8. The van der Waals surface area contributed by atoms with E-state index in [4.69, 9.17) is 10.6 Å². The largest absolute Gasteiger partial charge is 0.494 e. The Morgan fingerprint density at radius 2 is 1.81 bits per heavy atom. The van der Waals surface area contributed by atoms with Gasteiger partial charge in [-0.15, -0.1) is 0 Å². The first kappa shape index (κ1) is 15.5. The summed E-state index contributed by atoms with van der Waals surface area (Å²) in [4.78, 5) is 0. The van der Waals surface area contributed by atoms with Crippen LogP contribution in [0.15, 0.2) is 48.5 Å². The number of ether oxygens (including phenoxy) is 1. The monoisotopic (exact) mass is 284 g/mol. The van der Waals surface area contributed by atoms with Gasteiger partial charge in [-0.1, -0.05) is 50.2 Å². The van der Waals surface area contributed by atoms with Crippen molar-refractivity contribution >= 4 is 0 Å². The number of hydrazine groups is 1. The van der Waals surface area contributed by atoms with Crippen molar-refractivity contribution in [2.45, 2.75) is 32.7 Å². The molecule has 2 aromatic rings. The molecular weight excluding hydrogens is 260 g/mol. The second kappa shape index (κ2) is 7.81. The molecule has 0 saturated carbocycles. The average Bonchev–Trinajstić information content (AvgIpc) is 2.55. The van der Waals surface area contributed by atoms with Gasteiger partial charge < -0.3 is 4.74 Å². The Balaban J connectivity index is 2.23. The number of hydrogen-bond donors (Lipinski definition) is 2. The molecule has 2 rings (SSSR count). The molecule has 21 heavy (non-hydrogen) atoms. The third-order valence-corrected chi connectivity index (χ3v) is 3.55. The molecule has 1 unspecified atom stereocenters. The third kappa shape index (κ3) is 4.06. The van der Waals surface area contributed by atoms with Gasteiger partial charge in [0.1, 0.15) is 5.75 Å². The van der Waals surface area contributed by atoms with E-state index in [0.717, 1.165) is 36.3 Å². The highest BCUT2D eigenvalue weighted by molar-refractivity contribution is 5.37. The van der Waals surface area contributed by atoms with Crippen LogP contribution in [0.5, 0.6) is 5.75 Å². The minimum atomic E-state index is -0.0268. The van der Waals surface area contributed by atoms with Crippen molar-refractivity contribution in [3.63, 3.8) is 0 Å². The van der Waals surface area contributed by atoms with E-state index in [1.165, 1.54) is 5.56 Å². The summed E-state index contributed by atoms with van der Waals surface area (Å²) in [6.45, 7) is 4.99. The quantitative estimate of drug-likeness (QED) is 0.603. The van der Waals surface area contributed by atoms with Crippen LogP contribution < -0.4 is 16.0 Å². The van der Waals surface area contributed by atoms with Crippen molar-refractivity contribution in [1.29, 1.82) is 0 Å². The molecule has 0 aliphatic carbocycles. The molecule has 0 aromatic heterocycles. The minimum absolute atomic E-state index is 0.0268. The topological polar surface area (TPSA) is 47.3 Å². The molecule has 0 fully saturated rings. The van der Waals surface area contributed by atoms with Crippen molar-refractivity contribution in [3.05, 3.63) is 65.2 Å². The van der Waals surface area contributed by atoms with Gasteiger partial charge >= 0.3 is 0 Å². The van der Waals surface area contributed by atoms with Gasteiger partial charge in [0.05, 0.1) is 12.6 Å². The molecule has 0 radical (unpaired) electrons. The Labute approximate surface area is 127 Å². The normalized spacial score (nSPS) is 12.1. The van der Waals surface area contributed by atoms with Crippen LogP contribution in [0.2, 0.25) is 0 Å². The molecule has 1 atom stereocenters. The Kier molecular flexibility index (Phi) is 5.78. The first-order chi connectivity index (χ1) is 10.3. The number of rotatable bonds is 7. The van der Waals surface area contributed by atoms with Crippen LogP contribution in [0.25, 0.3) is 0 Å². The number of nitrogens with one attached hydrogen (secondary N) is 1. The van der Waals surface area contributed by atoms with Crippen LogP contribution in [-0.4, -0.2) is 6.61 Å². The maximum atomic E-state index is 5.77. The van der Waals surface area contributed by atoms with E-state index in [2.05, 4.69) is 49.6 Å². The molecule has 0 aliphatic heterocycles. The second-order valence-corrected chi connectivity index (χ2v) is 5.12. The molecule has 112 valence electrons. The molecule has 2 aromatic carbocycles. The van der Waals surface area contributed by atoms with E-state index in [1.807, 2.05) is 18.2 Å². The van der Waals surface area contributed by atoms with Crippen molar-refractivity contribution < 1.29 is 4.74 Å². The molecular formula is C18H24N2O. The summed E-state index contributed by atoms with van der Waals surface area (Å²) < 4.78 is 5.69. The lowest BCUT2D eigenvalue weighted by atomic mass is 9.97. The van der Waals surface area contributed by atoms with Gasteiger partial charge in [-0.05, 0) is 41.7 Å². The summed E-state index contributed by atoms with van der Waals surface area (Å²) in [6, 6.07) is 16.6. The van der Waals surface area contributed by atoms with Crippen molar-refractivity contribution in [2.75, 3.05) is 6.61 Å². The van der Waals surface area contributed by atoms with Gasteiger partial charge in [-0.3, -0.25) is 5.84 Å². The molecule has 0 bridgehead atoms. The maximum Gasteiger partial charge on any atom is 0.119 e. The highest BCUT2D eigenvalue weighted by Crippen LogP contribution is 2.25. The van der Waals surface area contributed by atoms with Crippen LogP contribution in [0.3, 0.4) is 0 Å². The molecule has 0 saturated heterocycles. The lowest BCUT2D eigenvalue weighted by molar-refractivity contribution is 0.317. The summed E-state index contributed by atoms with van der Waals surface area (Å²) in [5.41, 5.74) is 6.49. The van der Waals surface area contributed by atoms with E-state index >= 15 is 0 Å². The highest BCUT2D eigenvalue weighted by Gasteiger charge is 2.13. The fourth-order valence-corrected chi connectivity index (χ4v) is 2.33. The maximum absolute atomic E-state index is 5.77. The van der Waals surface area contributed by atoms with E-state index < -0.39 is 0 Å². The molecule has 0 amide bonds. The molecule has 3 nitrogen and oxygen atoms in total. The molecule has 3 heteroatoms. The zero-order chi connectivity index (χ0) is 15.1. The number of benzene rings is 2. The minimum Gasteiger partial charge on any atom is -0.494 e. The summed E-state index contributed by atoms with van der Waals surface area (Å²) in [5, 5.41) is 0. The fraction of sp³-hybridized carbons (Fsp3) is 0.333. The Morgan fingerprint density at radius 1 is 1.05 bits per heavy atom. The Hall–Kier alpha value is -1.84. The summed E-state index contributed by atoms with van der Waals surface area (Å²) in [5.74, 6) is 6.66. The van der Waals surface area contributed by atoms with Gasteiger partial charge in [-0.25, -0.2) is 5.43 Å². The Bertz CT molecular complexity index is 551. The predicted molar refractivity (Wildman–Crippen MR) is 87.2 cm³/mol. The van der Waals surface area contributed by atoms with Crippen molar-refractivity contribution in [3.8, 4) is 5.75 Å². The lowest BCUT2D eigenvalue weighted by Crippen LogP contribution is -2.28. The predicted octanol–water partition coefficient (Wildman–Crippen LogP) is 3.59. The smallest absolute Gasteiger partial charge is 0.119 e. The van der Waals surface area contributed by atoms with Crippen molar-refractivity contribution in [2.24, 2.45) is 5.84 Å². The van der Waals surface area contributed by atoms with Crippen LogP contribution >= 0.6 is 0 Å². The van der Waals surface area contributed by atoms with Gasteiger partial charge in [0.25, 0.3) is 0 Å². The van der Waals surface area contributed by atoms with Gasteiger partial charge in [0.15, 0.2) is 0 Å². The molecule has 3 N–H and O–H groups in total. The van der Waals surface area contributed by atoms with Crippen LogP contribution in [0.1, 0.15) is 43.0 Å². The number of aryl methyl sites for hydroxylation is 1. The van der Waals surface area contributed by atoms with E-state index in [-0.39, 0.29) is 6.04 Å². The molecule has 0 heterocycles. The highest BCUT2D eigenvalue weighted by atomic mass is 16.5. The fourth-order valence-electron chi connectivity index (χ4n) is 2.33. The third-order valence-electron chi connectivity index (χ3n) is 3.55. The van der Waals surface area contributed by atoms with Crippen LogP contribution in [0, 0.1) is 0 Å². The van der Waals surface area contributed by atoms with E-state index in [0.29, 0.717) is 0 Å². The van der Waals surface area contributed by atoms with E-state index in [9.17, 15) is 0 Å². The van der Waals surface area contributed by atoms with Crippen LogP contribution in [-0.2, 0) is 6.42 Å².